The van der Waals surface area contributed by atoms with E-state index in [4.69, 9.17) is 9.47 Å². The summed E-state index contributed by atoms with van der Waals surface area (Å²) in [5.41, 5.74) is 2.98. The lowest BCUT2D eigenvalue weighted by molar-refractivity contribution is -0.122. The molecule has 29 heavy (non-hydrogen) atoms. The molecule has 0 bridgehead atoms. The predicted octanol–water partition coefficient (Wildman–Crippen LogP) is 5.79. The Hall–Kier alpha value is -2.25. The monoisotopic (exact) mass is 475 g/mol. The molecule has 1 fully saturated rings. The van der Waals surface area contributed by atoms with E-state index in [1.165, 1.54) is 10.5 Å². The molecule has 0 aliphatic carbocycles. The van der Waals surface area contributed by atoms with Crippen molar-refractivity contribution < 1.29 is 19.1 Å². The predicted molar refractivity (Wildman–Crippen MR) is 119 cm³/mol. The van der Waals surface area contributed by atoms with Crippen LogP contribution >= 0.6 is 27.7 Å². The molecule has 0 atom stereocenters. The third-order valence-electron chi connectivity index (χ3n) is 4.34. The first-order valence-electron chi connectivity index (χ1n) is 9.24. The summed E-state index contributed by atoms with van der Waals surface area (Å²) in [6.07, 6.45) is 2.44. The van der Waals surface area contributed by atoms with Gasteiger partial charge in [0.1, 0.15) is 6.61 Å². The Morgan fingerprint density at radius 2 is 2.00 bits per heavy atom. The minimum absolute atomic E-state index is 0.229. The van der Waals surface area contributed by atoms with Crippen LogP contribution in [0.1, 0.15) is 30.0 Å². The maximum atomic E-state index is 12.5. The van der Waals surface area contributed by atoms with Crippen LogP contribution in [-0.2, 0) is 11.4 Å². The second-order valence-corrected chi connectivity index (χ2v) is 8.49. The SMILES string of the molecule is CCCN1C(=O)S/C(=C/c2cc(Br)c(OCc3cccc(C)c3)c(OC)c2)C1=O. The summed E-state index contributed by atoms with van der Waals surface area (Å²) in [4.78, 5) is 26.2. The van der Waals surface area contributed by atoms with Gasteiger partial charge < -0.3 is 9.47 Å². The van der Waals surface area contributed by atoms with Crippen LogP contribution in [0.2, 0.25) is 0 Å². The molecule has 2 amide bonds. The van der Waals surface area contributed by atoms with Crippen LogP contribution in [0.5, 0.6) is 11.5 Å². The third-order valence-corrected chi connectivity index (χ3v) is 5.83. The first-order chi connectivity index (χ1) is 13.9. The molecule has 5 nitrogen and oxygen atoms in total. The molecule has 0 aromatic heterocycles. The van der Waals surface area contributed by atoms with Crippen molar-refractivity contribution in [3.8, 4) is 11.5 Å². The number of halogens is 1. The Morgan fingerprint density at radius 1 is 1.21 bits per heavy atom. The Labute approximate surface area is 183 Å². The Kier molecular flexibility index (Phi) is 7.03. The topological polar surface area (TPSA) is 55.8 Å². The average Bonchev–Trinajstić information content (AvgIpc) is 2.94. The van der Waals surface area contributed by atoms with Gasteiger partial charge in [0.25, 0.3) is 11.1 Å². The zero-order valence-corrected chi connectivity index (χ0v) is 18.9. The summed E-state index contributed by atoms with van der Waals surface area (Å²) < 4.78 is 12.2. The first kappa shape index (κ1) is 21.5. The smallest absolute Gasteiger partial charge is 0.293 e. The van der Waals surface area contributed by atoms with Crippen LogP contribution in [-0.4, -0.2) is 29.7 Å². The van der Waals surface area contributed by atoms with Crippen LogP contribution < -0.4 is 9.47 Å². The van der Waals surface area contributed by atoms with Crippen LogP contribution in [0.3, 0.4) is 0 Å². The number of imide groups is 1. The van der Waals surface area contributed by atoms with Crippen LogP contribution in [0, 0.1) is 6.92 Å². The molecular weight excluding hydrogens is 454 g/mol. The van der Waals surface area contributed by atoms with Gasteiger partial charge in [0.15, 0.2) is 11.5 Å². The molecule has 0 N–H and O–H groups in total. The maximum absolute atomic E-state index is 12.5. The summed E-state index contributed by atoms with van der Waals surface area (Å²) in [5, 5.41) is -0.229. The molecule has 0 radical (unpaired) electrons. The highest BCUT2D eigenvalue weighted by atomic mass is 79.9. The number of hydrogen-bond acceptors (Lipinski definition) is 5. The standard InChI is InChI=1S/C22H22BrNO4S/c1-4-8-24-21(25)19(29-22(24)26)12-16-10-17(23)20(18(11-16)27-3)28-13-15-7-5-6-14(2)9-15/h5-7,9-12H,4,8,13H2,1-3H3/b19-12+. The summed E-state index contributed by atoms with van der Waals surface area (Å²) >= 11 is 4.50. The van der Waals surface area contributed by atoms with Crippen molar-refractivity contribution in [1.82, 2.24) is 4.90 Å². The highest BCUT2D eigenvalue weighted by Gasteiger charge is 2.34. The second-order valence-electron chi connectivity index (χ2n) is 6.65. The fraction of sp³-hybridized carbons (Fsp3) is 0.273. The first-order valence-corrected chi connectivity index (χ1v) is 10.8. The van der Waals surface area contributed by atoms with Gasteiger partial charge in [-0.1, -0.05) is 36.8 Å². The lowest BCUT2D eigenvalue weighted by Crippen LogP contribution is -2.28. The van der Waals surface area contributed by atoms with Crippen molar-refractivity contribution in [1.29, 1.82) is 0 Å². The van der Waals surface area contributed by atoms with E-state index in [-0.39, 0.29) is 11.1 Å². The second kappa shape index (κ2) is 9.50. The fourth-order valence-electron chi connectivity index (χ4n) is 2.99. The number of ether oxygens (including phenoxy) is 2. The molecule has 2 aromatic carbocycles. The van der Waals surface area contributed by atoms with E-state index in [1.54, 1.807) is 19.3 Å². The Morgan fingerprint density at radius 3 is 2.69 bits per heavy atom. The van der Waals surface area contributed by atoms with Crippen LogP contribution in [0.4, 0.5) is 4.79 Å². The molecule has 3 rings (SSSR count). The average molecular weight is 476 g/mol. The van der Waals surface area contributed by atoms with E-state index in [2.05, 4.69) is 22.0 Å². The molecule has 7 heteroatoms. The minimum atomic E-state index is -0.253. The molecule has 0 saturated carbocycles. The van der Waals surface area contributed by atoms with Crippen molar-refractivity contribution in [2.75, 3.05) is 13.7 Å². The molecule has 1 saturated heterocycles. The van der Waals surface area contributed by atoms with Gasteiger partial charge >= 0.3 is 0 Å². The summed E-state index contributed by atoms with van der Waals surface area (Å²) in [6.45, 7) is 4.81. The van der Waals surface area contributed by atoms with Crippen molar-refractivity contribution >= 4 is 44.9 Å². The van der Waals surface area contributed by atoms with Gasteiger partial charge in [-0.05, 0) is 70.4 Å². The lowest BCUT2D eigenvalue weighted by Gasteiger charge is -2.14. The van der Waals surface area contributed by atoms with Crippen molar-refractivity contribution in [3.63, 3.8) is 0 Å². The maximum Gasteiger partial charge on any atom is 0.293 e. The molecule has 1 aliphatic heterocycles. The number of carbonyl (C=O) groups excluding carboxylic acids is 2. The van der Waals surface area contributed by atoms with Crippen molar-refractivity contribution in [3.05, 3.63) is 62.5 Å². The van der Waals surface area contributed by atoms with E-state index in [1.807, 2.05) is 38.1 Å². The lowest BCUT2D eigenvalue weighted by atomic mass is 10.1. The molecular formula is C22H22BrNO4S. The number of hydrogen-bond donors (Lipinski definition) is 0. The van der Waals surface area contributed by atoms with Gasteiger partial charge in [-0.15, -0.1) is 0 Å². The van der Waals surface area contributed by atoms with E-state index in [9.17, 15) is 9.59 Å². The number of amides is 2. The molecule has 1 aliphatic rings. The van der Waals surface area contributed by atoms with E-state index < -0.39 is 0 Å². The highest BCUT2D eigenvalue weighted by Crippen LogP contribution is 2.39. The summed E-state index contributed by atoms with van der Waals surface area (Å²) in [5.74, 6) is 0.882. The summed E-state index contributed by atoms with van der Waals surface area (Å²) in [6, 6.07) is 11.8. The number of methoxy groups -OCH3 is 1. The van der Waals surface area contributed by atoms with Gasteiger partial charge in [-0.3, -0.25) is 14.5 Å². The van der Waals surface area contributed by atoms with Gasteiger partial charge in [0.2, 0.25) is 0 Å². The molecule has 152 valence electrons. The zero-order chi connectivity index (χ0) is 21.0. The quantitative estimate of drug-likeness (QED) is 0.474. The van der Waals surface area contributed by atoms with Gasteiger partial charge in [-0.25, -0.2) is 0 Å². The number of aryl methyl sites for hydroxylation is 1. The van der Waals surface area contributed by atoms with E-state index in [0.717, 1.165) is 29.3 Å². The van der Waals surface area contributed by atoms with Crippen LogP contribution in [0.25, 0.3) is 6.08 Å². The Bertz CT molecular complexity index is 973. The number of thioether (sulfide) groups is 1. The Balaban J connectivity index is 1.83. The molecule has 0 unspecified atom stereocenters. The highest BCUT2D eigenvalue weighted by molar-refractivity contribution is 9.10. The largest absolute Gasteiger partial charge is 0.493 e. The third kappa shape index (κ3) is 5.03. The molecule has 1 heterocycles. The number of carbonyl (C=O) groups is 2. The normalized spacial score (nSPS) is 15.3. The number of benzene rings is 2. The fourth-order valence-corrected chi connectivity index (χ4v) is 4.43. The molecule has 2 aromatic rings. The number of rotatable bonds is 7. The summed E-state index contributed by atoms with van der Waals surface area (Å²) in [7, 11) is 1.57. The van der Waals surface area contributed by atoms with E-state index >= 15 is 0 Å². The molecule has 0 spiro atoms. The van der Waals surface area contributed by atoms with Crippen molar-refractivity contribution in [2.45, 2.75) is 26.9 Å². The number of nitrogens with zero attached hydrogens (tertiary/aromatic N) is 1. The van der Waals surface area contributed by atoms with Crippen molar-refractivity contribution in [2.24, 2.45) is 0 Å². The van der Waals surface area contributed by atoms with Gasteiger partial charge in [0.05, 0.1) is 16.5 Å². The minimum Gasteiger partial charge on any atom is -0.493 e. The van der Waals surface area contributed by atoms with E-state index in [0.29, 0.717) is 34.0 Å². The zero-order valence-electron chi connectivity index (χ0n) is 16.5. The van der Waals surface area contributed by atoms with Gasteiger partial charge in [0, 0.05) is 6.54 Å². The van der Waals surface area contributed by atoms with Crippen LogP contribution in [0.15, 0.2) is 45.8 Å². The van der Waals surface area contributed by atoms with Gasteiger partial charge in [-0.2, -0.15) is 0 Å².